The summed E-state index contributed by atoms with van der Waals surface area (Å²) in [5.41, 5.74) is 9.52. The van der Waals surface area contributed by atoms with E-state index in [0.717, 1.165) is 34.3 Å². The van der Waals surface area contributed by atoms with Crippen LogP contribution in [0.2, 0.25) is 0 Å². The number of carbonyl (C=O) groups is 1. The first-order valence-corrected chi connectivity index (χ1v) is 14.4. The number of nitrogens with one attached hydrogen (secondary N) is 2. The van der Waals surface area contributed by atoms with Crippen LogP contribution in [0, 0.1) is 0 Å². The van der Waals surface area contributed by atoms with Crippen LogP contribution >= 0.6 is 24.8 Å². The molecule has 0 radical (unpaired) electrons. The van der Waals surface area contributed by atoms with Crippen LogP contribution in [0.15, 0.2) is 60.7 Å². The lowest BCUT2D eigenvalue weighted by atomic mass is 9.72. The molecule has 3 aromatic carbocycles. The molecule has 0 aromatic heterocycles. The van der Waals surface area contributed by atoms with Gasteiger partial charge in [-0.1, -0.05) is 58.0 Å². The Morgan fingerprint density at radius 3 is 2.09 bits per heavy atom. The summed E-state index contributed by atoms with van der Waals surface area (Å²) < 4.78 is 46.7. The van der Waals surface area contributed by atoms with Crippen molar-refractivity contribution in [2.24, 2.45) is 0 Å². The van der Waals surface area contributed by atoms with Gasteiger partial charge in [-0.3, -0.25) is 0 Å². The molecule has 2 amide bonds. The zero-order valence-electron chi connectivity index (χ0n) is 25.8. The normalized spacial score (nSPS) is 14.5. The van der Waals surface area contributed by atoms with Crippen molar-refractivity contribution in [2.75, 3.05) is 42.7 Å². The van der Waals surface area contributed by atoms with Crippen molar-refractivity contribution in [1.82, 2.24) is 5.32 Å². The molecule has 1 aliphatic heterocycles. The summed E-state index contributed by atoms with van der Waals surface area (Å²) in [5.74, 6) is 0.987. The number of nitrogens with zero attached hydrogens (tertiary/aromatic N) is 1. The highest BCUT2D eigenvalue weighted by molar-refractivity contribution is 5.92. The van der Waals surface area contributed by atoms with Gasteiger partial charge in [0.25, 0.3) is 0 Å². The summed E-state index contributed by atoms with van der Waals surface area (Å²) in [7, 11) is 1.62. The molecule has 11 heteroatoms. The van der Waals surface area contributed by atoms with Crippen LogP contribution in [0.1, 0.15) is 74.6 Å². The van der Waals surface area contributed by atoms with E-state index in [1.54, 1.807) is 13.2 Å². The topological polar surface area (TPSA) is 79.6 Å². The lowest BCUT2D eigenvalue weighted by Crippen LogP contribution is -2.50. The first-order chi connectivity index (χ1) is 19.8. The number of nitrogen functional groups attached to an aromatic ring is 1. The maximum absolute atomic E-state index is 13.7. The molecule has 1 aliphatic rings. The van der Waals surface area contributed by atoms with Gasteiger partial charge in [0.2, 0.25) is 0 Å². The number of carbonyl (C=O) groups excluding carboxylic acids is 1. The van der Waals surface area contributed by atoms with E-state index >= 15 is 0 Å². The Balaban J connectivity index is 0.00000337. The maximum atomic E-state index is 13.7. The van der Waals surface area contributed by atoms with Gasteiger partial charge >= 0.3 is 12.2 Å². The fraction of sp³-hybridized carbons (Fsp3) is 0.424. The van der Waals surface area contributed by atoms with Gasteiger partial charge in [0, 0.05) is 36.4 Å². The van der Waals surface area contributed by atoms with Crippen molar-refractivity contribution in [1.29, 1.82) is 0 Å². The van der Waals surface area contributed by atoms with Crippen LogP contribution in [-0.2, 0) is 11.6 Å². The molecule has 1 fully saturated rings. The molecule has 4 N–H and O–H groups in total. The van der Waals surface area contributed by atoms with E-state index in [4.69, 9.17) is 10.5 Å². The smallest absolute Gasteiger partial charge is 0.416 e. The van der Waals surface area contributed by atoms with Crippen molar-refractivity contribution < 1.29 is 22.7 Å². The number of alkyl halides is 3. The largest absolute Gasteiger partial charge is 0.495 e. The monoisotopic (exact) mass is 654 g/mol. The molecule has 1 saturated heterocycles. The number of benzene rings is 3. The molecule has 3 aromatic rings. The first-order valence-electron chi connectivity index (χ1n) is 14.4. The van der Waals surface area contributed by atoms with Gasteiger partial charge in [-0.05, 0) is 71.7 Å². The molecule has 4 rings (SSSR count). The van der Waals surface area contributed by atoms with Crippen molar-refractivity contribution in [3.63, 3.8) is 0 Å². The number of methoxy groups -OCH3 is 1. The van der Waals surface area contributed by atoms with Gasteiger partial charge in [0.1, 0.15) is 5.75 Å². The summed E-state index contributed by atoms with van der Waals surface area (Å²) in [6.07, 6.45) is -3.37. The SMILES string of the molecule is COc1ccccc1N1CCC(CNC(=O)Nc2c(C(C)C)cc(N)cc2C(C)C)(c2cccc(C(F)(F)F)c2)CC1.Cl.Cl. The average Bonchev–Trinajstić information content (AvgIpc) is 2.96. The summed E-state index contributed by atoms with van der Waals surface area (Å²) in [6, 6.07) is 16.6. The number of ether oxygens (including phenoxy) is 1. The van der Waals surface area contributed by atoms with Gasteiger partial charge in [-0.15, -0.1) is 24.8 Å². The summed E-state index contributed by atoms with van der Waals surface area (Å²) in [6.45, 7) is 9.53. The Kier molecular flexibility index (Phi) is 12.7. The van der Waals surface area contributed by atoms with E-state index in [2.05, 4.69) is 15.5 Å². The fourth-order valence-corrected chi connectivity index (χ4v) is 5.83. The summed E-state index contributed by atoms with van der Waals surface area (Å²) >= 11 is 0. The third kappa shape index (κ3) is 8.24. The first kappa shape index (κ1) is 36.9. The molecule has 44 heavy (non-hydrogen) atoms. The number of amides is 2. The molecule has 0 saturated carbocycles. The Labute approximate surface area is 270 Å². The van der Waals surface area contributed by atoms with Gasteiger partial charge in [-0.25, -0.2) is 4.79 Å². The molecule has 0 atom stereocenters. The summed E-state index contributed by atoms with van der Waals surface area (Å²) in [4.78, 5) is 15.6. The highest BCUT2D eigenvalue weighted by Crippen LogP contribution is 2.41. The average molecular weight is 656 g/mol. The lowest BCUT2D eigenvalue weighted by Gasteiger charge is -2.43. The molecular weight excluding hydrogens is 612 g/mol. The number of halogens is 5. The number of urea groups is 1. The Bertz CT molecular complexity index is 1380. The van der Waals surface area contributed by atoms with Crippen molar-refractivity contribution in [3.8, 4) is 5.75 Å². The van der Waals surface area contributed by atoms with Crippen molar-refractivity contribution >= 4 is 47.9 Å². The molecule has 1 heterocycles. The van der Waals surface area contributed by atoms with Gasteiger partial charge < -0.3 is 26.0 Å². The quantitative estimate of drug-likeness (QED) is 0.212. The number of hydrogen-bond donors (Lipinski definition) is 3. The lowest BCUT2D eigenvalue weighted by molar-refractivity contribution is -0.137. The Morgan fingerprint density at radius 2 is 1.55 bits per heavy atom. The second-order valence-electron chi connectivity index (χ2n) is 11.7. The summed E-state index contributed by atoms with van der Waals surface area (Å²) in [5, 5.41) is 6.07. The van der Waals surface area contributed by atoms with E-state index in [-0.39, 0.29) is 43.2 Å². The zero-order chi connectivity index (χ0) is 30.7. The standard InChI is InChI=1S/C33H41F3N4O2.2ClH/c1-21(2)26-18-25(37)19-27(22(3)4)30(26)39-31(41)38-20-32(23-9-8-10-24(17-23)33(34,35)36)13-15-40(16-14-32)28-11-6-7-12-29(28)42-5;;/h6-12,17-19,21-22H,13-16,20,37H2,1-5H3,(H2,38,39,41);2*1H. The highest BCUT2D eigenvalue weighted by atomic mass is 35.5. The van der Waals surface area contributed by atoms with Gasteiger partial charge in [0.05, 0.1) is 18.4 Å². The minimum atomic E-state index is -4.46. The van der Waals surface area contributed by atoms with E-state index in [0.29, 0.717) is 37.2 Å². The minimum Gasteiger partial charge on any atom is -0.495 e. The minimum absolute atomic E-state index is 0. The second-order valence-corrected chi connectivity index (χ2v) is 11.7. The number of nitrogens with two attached hydrogens (primary N) is 1. The van der Waals surface area contributed by atoms with E-state index < -0.39 is 23.2 Å². The van der Waals surface area contributed by atoms with Crippen LogP contribution in [0.5, 0.6) is 5.75 Å². The van der Waals surface area contributed by atoms with Crippen LogP contribution in [-0.4, -0.2) is 32.8 Å². The van der Waals surface area contributed by atoms with E-state index in [1.165, 1.54) is 12.1 Å². The number of anilines is 3. The predicted octanol–water partition coefficient (Wildman–Crippen LogP) is 8.75. The predicted molar refractivity (Wildman–Crippen MR) is 178 cm³/mol. The number of hydrogen-bond acceptors (Lipinski definition) is 4. The van der Waals surface area contributed by atoms with E-state index in [1.807, 2.05) is 64.1 Å². The number of para-hydroxylation sites is 2. The maximum Gasteiger partial charge on any atom is 0.416 e. The van der Waals surface area contributed by atoms with Gasteiger partial charge in [-0.2, -0.15) is 13.2 Å². The Hall–Kier alpha value is -3.30. The van der Waals surface area contributed by atoms with Gasteiger partial charge in [0.15, 0.2) is 0 Å². The molecular formula is C33H43Cl2F3N4O2. The van der Waals surface area contributed by atoms with E-state index in [9.17, 15) is 18.0 Å². The number of rotatable bonds is 8. The fourth-order valence-electron chi connectivity index (χ4n) is 5.83. The van der Waals surface area contributed by atoms with Crippen LogP contribution in [0.25, 0.3) is 0 Å². The van der Waals surface area contributed by atoms with Crippen molar-refractivity contribution in [2.45, 2.75) is 64.0 Å². The molecule has 0 aliphatic carbocycles. The van der Waals surface area contributed by atoms with Crippen LogP contribution in [0.3, 0.4) is 0 Å². The molecule has 0 unspecified atom stereocenters. The third-order valence-corrected chi connectivity index (χ3v) is 8.24. The third-order valence-electron chi connectivity index (χ3n) is 8.24. The van der Waals surface area contributed by atoms with Crippen LogP contribution < -0.4 is 26.0 Å². The molecule has 0 bridgehead atoms. The second kappa shape index (κ2) is 15.1. The van der Waals surface area contributed by atoms with Crippen molar-refractivity contribution in [3.05, 3.63) is 82.9 Å². The molecule has 0 spiro atoms. The van der Waals surface area contributed by atoms with Crippen LogP contribution in [0.4, 0.5) is 35.0 Å². The zero-order valence-corrected chi connectivity index (χ0v) is 27.4. The molecule has 242 valence electrons. The highest BCUT2D eigenvalue weighted by Gasteiger charge is 2.39. The Morgan fingerprint density at radius 1 is 0.955 bits per heavy atom. The molecule has 6 nitrogen and oxygen atoms in total. The number of piperidine rings is 1.